The molecule has 2 N–H and O–H groups in total. The molecule has 3 amide bonds. The van der Waals surface area contributed by atoms with Crippen LogP contribution in [-0.4, -0.2) is 60.6 Å². The number of hydrogen-bond acceptors (Lipinski definition) is 6. The van der Waals surface area contributed by atoms with Crippen molar-refractivity contribution in [3.8, 4) is 0 Å². The summed E-state index contributed by atoms with van der Waals surface area (Å²) in [5.41, 5.74) is 0.615. The van der Waals surface area contributed by atoms with Crippen LogP contribution in [0.2, 0.25) is 0 Å². The zero-order chi connectivity index (χ0) is 25.2. The molecule has 33 heavy (non-hydrogen) atoms. The van der Waals surface area contributed by atoms with E-state index in [1.807, 2.05) is 6.07 Å². The van der Waals surface area contributed by atoms with Crippen LogP contribution >= 0.6 is 0 Å². The molecule has 0 aliphatic heterocycles. The van der Waals surface area contributed by atoms with Gasteiger partial charge in [-0.15, -0.1) is 0 Å². The lowest BCUT2D eigenvalue weighted by Crippen LogP contribution is -2.50. The fourth-order valence-electron chi connectivity index (χ4n) is 3.00. The molecule has 1 rings (SSSR count). The highest BCUT2D eigenvalue weighted by atomic mass is 16.6. The summed E-state index contributed by atoms with van der Waals surface area (Å²) < 4.78 is 10.1. The molecule has 0 saturated carbocycles. The molecular formula is C24H35N3O6. The van der Waals surface area contributed by atoms with Crippen molar-refractivity contribution in [2.45, 2.75) is 58.7 Å². The fourth-order valence-corrected chi connectivity index (χ4v) is 3.00. The van der Waals surface area contributed by atoms with Crippen LogP contribution in [0.1, 0.15) is 58.2 Å². The minimum atomic E-state index is -0.998. The molecule has 1 aromatic rings. The van der Waals surface area contributed by atoms with Crippen LogP contribution in [0.3, 0.4) is 0 Å². The van der Waals surface area contributed by atoms with Gasteiger partial charge in [0.25, 0.3) is 0 Å². The van der Waals surface area contributed by atoms with Crippen molar-refractivity contribution in [1.29, 1.82) is 0 Å². The third-order valence-electron chi connectivity index (χ3n) is 4.48. The lowest BCUT2D eigenvalue weighted by Gasteiger charge is -2.30. The zero-order valence-electron chi connectivity index (χ0n) is 20.3. The Labute approximate surface area is 195 Å². The van der Waals surface area contributed by atoms with Gasteiger partial charge in [0, 0.05) is 13.6 Å². The van der Waals surface area contributed by atoms with Crippen molar-refractivity contribution < 1.29 is 28.7 Å². The average Bonchev–Trinajstić information content (AvgIpc) is 2.72. The topological polar surface area (TPSA) is 114 Å². The van der Waals surface area contributed by atoms with E-state index in [0.29, 0.717) is 5.56 Å². The maximum atomic E-state index is 13.1. The van der Waals surface area contributed by atoms with E-state index < -0.39 is 41.6 Å². The SMILES string of the molecule is C=Cc1cccc(C(C(=O)NCCC(=O)OCC)N(C)C(=O)C(C)NC(=O)OC(C)(C)C)c1. The number of amides is 3. The van der Waals surface area contributed by atoms with Gasteiger partial charge in [-0.1, -0.05) is 30.9 Å². The molecule has 0 fully saturated rings. The van der Waals surface area contributed by atoms with E-state index >= 15 is 0 Å². The van der Waals surface area contributed by atoms with E-state index in [2.05, 4.69) is 17.2 Å². The Hall–Kier alpha value is -3.36. The van der Waals surface area contributed by atoms with Crippen LogP contribution in [0.4, 0.5) is 4.79 Å². The summed E-state index contributed by atoms with van der Waals surface area (Å²) in [5, 5.41) is 5.18. The van der Waals surface area contributed by atoms with Gasteiger partial charge in [0.1, 0.15) is 17.7 Å². The first-order valence-corrected chi connectivity index (χ1v) is 10.8. The molecule has 182 valence electrons. The maximum Gasteiger partial charge on any atom is 0.408 e. The Balaban J connectivity index is 3.05. The average molecular weight is 462 g/mol. The first-order valence-electron chi connectivity index (χ1n) is 10.8. The Morgan fingerprint density at radius 3 is 2.45 bits per heavy atom. The van der Waals surface area contributed by atoms with Crippen LogP contribution in [0, 0.1) is 0 Å². The van der Waals surface area contributed by atoms with Crippen LogP contribution < -0.4 is 10.6 Å². The number of likely N-dealkylation sites (N-methyl/N-ethyl adjacent to an activating group) is 1. The third kappa shape index (κ3) is 9.34. The summed E-state index contributed by atoms with van der Waals surface area (Å²) in [6.07, 6.45) is 0.905. The van der Waals surface area contributed by atoms with Crippen LogP contribution in [0.5, 0.6) is 0 Å². The predicted octanol–water partition coefficient (Wildman–Crippen LogP) is 2.81. The number of hydrogen-bond donors (Lipinski definition) is 2. The standard InChI is InChI=1S/C24H35N3O6/c1-8-17-11-10-12-18(15-17)20(21(29)25-14-13-19(28)32-9-2)27(7)22(30)16(3)26-23(31)33-24(4,5)6/h8,10-12,15-16,20H,1,9,13-14H2,2-7H3,(H,25,29)(H,26,31). The molecule has 1 aromatic carbocycles. The summed E-state index contributed by atoms with van der Waals surface area (Å²) >= 11 is 0. The second kappa shape index (κ2) is 12.6. The number of carbonyl (C=O) groups is 4. The molecule has 2 unspecified atom stereocenters. The quantitative estimate of drug-likeness (QED) is 0.518. The molecule has 9 nitrogen and oxygen atoms in total. The first-order chi connectivity index (χ1) is 15.4. The number of ether oxygens (including phenoxy) is 2. The molecule has 0 saturated heterocycles. The monoisotopic (exact) mass is 461 g/mol. The molecule has 2 atom stereocenters. The smallest absolute Gasteiger partial charge is 0.408 e. The van der Waals surface area contributed by atoms with E-state index in [0.717, 1.165) is 5.56 Å². The van der Waals surface area contributed by atoms with Gasteiger partial charge in [0.05, 0.1) is 13.0 Å². The van der Waals surface area contributed by atoms with Gasteiger partial charge in [-0.25, -0.2) is 4.79 Å². The molecule has 0 radical (unpaired) electrons. The lowest BCUT2D eigenvalue weighted by atomic mass is 10.0. The molecule has 9 heteroatoms. The van der Waals surface area contributed by atoms with Crippen molar-refractivity contribution in [2.75, 3.05) is 20.2 Å². The van der Waals surface area contributed by atoms with Crippen molar-refractivity contribution in [1.82, 2.24) is 15.5 Å². The van der Waals surface area contributed by atoms with E-state index in [4.69, 9.17) is 9.47 Å². The molecule has 0 heterocycles. The third-order valence-corrected chi connectivity index (χ3v) is 4.48. The van der Waals surface area contributed by atoms with Crippen LogP contribution in [-0.2, 0) is 23.9 Å². The number of rotatable bonds is 10. The Kier molecular flexibility index (Phi) is 10.6. The second-order valence-electron chi connectivity index (χ2n) is 8.44. The highest BCUT2D eigenvalue weighted by molar-refractivity contribution is 5.92. The van der Waals surface area contributed by atoms with E-state index in [1.54, 1.807) is 52.0 Å². The van der Waals surface area contributed by atoms with Gasteiger partial charge in [0.15, 0.2) is 0 Å². The number of benzene rings is 1. The van der Waals surface area contributed by atoms with Gasteiger partial charge in [-0.3, -0.25) is 14.4 Å². The van der Waals surface area contributed by atoms with Gasteiger partial charge in [-0.2, -0.15) is 0 Å². The lowest BCUT2D eigenvalue weighted by molar-refractivity contribution is -0.143. The number of alkyl carbamates (subject to hydrolysis) is 1. The van der Waals surface area contributed by atoms with Crippen LogP contribution in [0.25, 0.3) is 6.08 Å². The van der Waals surface area contributed by atoms with E-state index in [9.17, 15) is 19.2 Å². The molecule has 0 aromatic heterocycles. The molecule has 0 spiro atoms. The molecule has 0 aliphatic carbocycles. The van der Waals surface area contributed by atoms with Gasteiger partial charge < -0.3 is 25.0 Å². The van der Waals surface area contributed by atoms with Crippen LogP contribution in [0.15, 0.2) is 30.8 Å². The Morgan fingerprint density at radius 1 is 1.21 bits per heavy atom. The summed E-state index contributed by atoms with van der Waals surface area (Å²) in [6.45, 7) is 12.4. The van der Waals surface area contributed by atoms with E-state index in [1.165, 1.54) is 18.9 Å². The van der Waals surface area contributed by atoms with Crippen molar-refractivity contribution >= 4 is 30.0 Å². The van der Waals surface area contributed by atoms with Crippen molar-refractivity contribution in [3.63, 3.8) is 0 Å². The molecular weight excluding hydrogens is 426 g/mol. The first kappa shape index (κ1) is 27.7. The molecule has 0 bridgehead atoms. The van der Waals surface area contributed by atoms with E-state index in [-0.39, 0.29) is 19.6 Å². The second-order valence-corrected chi connectivity index (χ2v) is 8.44. The minimum absolute atomic E-state index is 0.00720. The predicted molar refractivity (Wildman–Crippen MR) is 125 cm³/mol. The van der Waals surface area contributed by atoms with Gasteiger partial charge in [0.2, 0.25) is 11.8 Å². The minimum Gasteiger partial charge on any atom is -0.466 e. The normalized spacial score (nSPS) is 12.7. The summed E-state index contributed by atoms with van der Waals surface area (Å²) in [4.78, 5) is 51.0. The summed E-state index contributed by atoms with van der Waals surface area (Å²) in [7, 11) is 1.48. The summed E-state index contributed by atoms with van der Waals surface area (Å²) in [5.74, 6) is -1.39. The number of carbonyl (C=O) groups excluding carboxylic acids is 4. The zero-order valence-corrected chi connectivity index (χ0v) is 20.3. The van der Waals surface area contributed by atoms with Gasteiger partial charge >= 0.3 is 12.1 Å². The van der Waals surface area contributed by atoms with Crippen molar-refractivity contribution in [2.24, 2.45) is 0 Å². The highest BCUT2D eigenvalue weighted by Gasteiger charge is 2.32. The summed E-state index contributed by atoms with van der Waals surface area (Å²) in [6, 6.07) is 5.10. The number of nitrogens with zero attached hydrogens (tertiary/aromatic N) is 1. The van der Waals surface area contributed by atoms with Gasteiger partial charge in [-0.05, 0) is 51.8 Å². The Morgan fingerprint density at radius 2 is 1.88 bits per heavy atom. The number of nitrogens with one attached hydrogen (secondary N) is 2. The Bertz CT molecular complexity index is 862. The highest BCUT2D eigenvalue weighted by Crippen LogP contribution is 2.22. The number of esters is 1. The largest absolute Gasteiger partial charge is 0.466 e. The van der Waals surface area contributed by atoms with Crippen molar-refractivity contribution in [3.05, 3.63) is 42.0 Å². The fraction of sp³-hybridized carbons (Fsp3) is 0.500. The maximum absolute atomic E-state index is 13.1. The molecule has 0 aliphatic rings.